The van der Waals surface area contributed by atoms with Crippen molar-refractivity contribution in [2.75, 3.05) is 13.2 Å². The highest BCUT2D eigenvalue weighted by atomic mass is 79.9. The monoisotopic (exact) mass is 306 g/mol. The zero-order chi connectivity index (χ0) is 13.4. The van der Waals surface area contributed by atoms with Gasteiger partial charge in [-0.2, -0.15) is 0 Å². The van der Waals surface area contributed by atoms with Crippen LogP contribution in [0.2, 0.25) is 0 Å². The van der Waals surface area contributed by atoms with Crippen molar-refractivity contribution in [3.8, 4) is 0 Å². The number of hydrogen-bond acceptors (Lipinski definition) is 4. The summed E-state index contributed by atoms with van der Waals surface area (Å²) in [7, 11) is 0. The van der Waals surface area contributed by atoms with Crippen molar-refractivity contribution in [3.05, 3.63) is 12.2 Å². The van der Waals surface area contributed by atoms with Crippen molar-refractivity contribution in [2.24, 2.45) is 5.92 Å². The molecule has 2 atom stereocenters. The number of carbonyl (C=O) groups excluding carboxylic acids is 2. The van der Waals surface area contributed by atoms with Crippen LogP contribution in [0.15, 0.2) is 12.2 Å². The van der Waals surface area contributed by atoms with Crippen molar-refractivity contribution in [1.82, 2.24) is 0 Å². The second-order valence-corrected chi connectivity index (χ2v) is 5.21. The summed E-state index contributed by atoms with van der Waals surface area (Å²) >= 11 is 3.36. The normalized spacial score (nSPS) is 13.6. The molecule has 0 aromatic carbocycles. The molecule has 5 heteroatoms. The minimum Gasteiger partial charge on any atom is -0.464 e. The van der Waals surface area contributed by atoms with Gasteiger partial charge in [0, 0.05) is 10.4 Å². The van der Waals surface area contributed by atoms with Gasteiger partial charge >= 0.3 is 11.9 Å². The van der Waals surface area contributed by atoms with Crippen LogP contribution in [0.1, 0.15) is 27.2 Å². The summed E-state index contributed by atoms with van der Waals surface area (Å²) in [5.41, 5.74) is 0.317. The minimum absolute atomic E-state index is 0.0175. The van der Waals surface area contributed by atoms with E-state index in [1.807, 2.05) is 6.92 Å². The van der Waals surface area contributed by atoms with Crippen LogP contribution in [-0.2, 0) is 19.1 Å². The van der Waals surface area contributed by atoms with E-state index in [2.05, 4.69) is 22.5 Å². The number of carbonyl (C=O) groups is 2. The molecular formula is C12H19BrO4. The molecule has 0 radical (unpaired) electrons. The Labute approximate surface area is 110 Å². The first-order chi connectivity index (χ1) is 7.88. The lowest BCUT2D eigenvalue weighted by Crippen LogP contribution is -2.24. The lowest BCUT2D eigenvalue weighted by Gasteiger charge is -2.13. The molecule has 17 heavy (non-hydrogen) atoms. The third-order valence-corrected chi connectivity index (χ3v) is 2.98. The Balaban J connectivity index is 3.90. The van der Waals surface area contributed by atoms with E-state index in [9.17, 15) is 9.59 Å². The van der Waals surface area contributed by atoms with Gasteiger partial charge in [-0.25, -0.2) is 4.79 Å². The molecule has 0 rings (SSSR count). The van der Waals surface area contributed by atoms with E-state index in [0.717, 1.165) is 6.42 Å². The van der Waals surface area contributed by atoms with E-state index in [-0.39, 0.29) is 17.4 Å². The van der Waals surface area contributed by atoms with Gasteiger partial charge in [-0.3, -0.25) is 4.79 Å². The Morgan fingerprint density at radius 2 is 1.88 bits per heavy atom. The maximum Gasteiger partial charge on any atom is 0.333 e. The molecule has 0 amide bonds. The van der Waals surface area contributed by atoms with Crippen LogP contribution in [0.5, 0.6) is 0 Å². The molecule has 0 aliphatic heterocycles. The predicted molar refractivity (Wildman–Crippen MR) is 68.9 cm³/mol. The first kappa shape index (κ1) is 16.2. The van der Waals surface area contributed by atoms with Crippen molar-refractivity contribution in [2.45, 2.75) is 32.0 Å². The lowest BCUT2D eigenvalue weighted by molar-refractivity contribution is -0.152. The average Bonchev–Trinajstić information content (AvgIpc) is 2.31. The van der Waals surface area contributed by atoms with Crippen LogP contribution in [-0.4, -0.2) is 30.0 Å². The van der Waals surface area contributed by atoms with E-state index in [1.54, 1.807) is 13.8 Å². The van der Waals surface area contributed by atoms with Crippen molar-refractivity contribution < 1.29 is 19.1 Å². The van der Waals surface area contributed by atoms with E-state index < -0.39 is 11.9 Å². The smallest absolute Gasteiger partial charge is 0.333 e. The molecule has 2 unspecified atom stereocenters. The van der Waals surface area contributed by atoms with Crippen LogP contribution in [0.4, 0.5) is 0 Å². The molecule has 0 spiro atoms. The van der Waals surface area contributed by atoms with Gasteiger partial charge in [-0.1, -0.05) is 29.4 Å². The van der Waals surface area contributed by atoms with E-state index in [4.69, 9.17) is 9.47 Å². The molecule has 0 aliphatic rings. The Morgan fingerprint density at radius 3 is 2.35 bits per heavy atom. The van der Waals surface area contributed by atoms with Gasteiger partial charge < -0.3 is 9.47 Å². The highest BCUT2D eigenvalue weighted by Gasteiger charge is 2.18. The van der Waals surface area contributed by atoms with Crippen molar-refractivity contribution in [3.63, 3.8) is 0 Å². The summed E-state index contributed by atoms with van der Waals surface area (Å²) in [4.78, 5) is 22.8. The third kappa shape index (κ3) is 7.15. The van der Waals surface area contributed by atoms with Crippen LogP contribution >= 0.6 is 15.9 Å². The minimum atomic E-state index is -0.489. The number of esters is 2. The molecule has 0 bridgehead atoms. The maximum absolute atomic E-state index is 11.5. The van der Waals surface area contributed by atoms with Crippen LogP contribution < -0.4 is 0 Å². The van der Waals surface area contributed by atoms with Gasteiger partial charge in [-0.15, -0.1) is 0 Å². The summed E-state index contributed by atoms with van der Waals surface area (Å²) in [5, 5.41) is 0. The average molecular weight is 307 g/mol. The Morgan fingerprint density at radius 1 is 1.29 bits per heavy atom. The molecule has 0 saturated heterocycles. The van der Waals surface area contributed by atoms with Crippen molar-refractivity contribution >= 4 is 27.9 Å². The standard InChI is InChI=1S/C12H19BrO4/c1-5-10(13)7-17-12(15)9(4)6-16-11(14)8(2)3/h9-10H,2,5-7H2,1,3-4H3. The summed E-state index contributed by atoms with van der Waals surface area (Å²) < 4.78 is 9.92. The molecule has 98 valence electrons. The van der Waals surface area contributed by atoms with E-state index in [0.29, 0.717) is 12.2 Å². The predicted octanol–water partition coefficient (Wildman–Crippen LogP) is 2.46. The lowest BCUT2D eigenvalue weighted by atomic mass is 10.2. The Bertz CT molecular complexity index is 288. The second-order valence-electron chi connectivity index (χ2n) is 3.92. The summed E-state index contributed by atoms with van der Waals surface area (Å²) in [6.07, 6.45) is 0.881. The fourth-order valence-corrected chi connectivity index (χ4v) is 0.957. The molecule has 0 N–H and O–H groups in total. The van der Waals surface area contributed by atoms with Gasteiger partial charge in [0.25, 0.3) is 0 Å². The molecule has 0 heterocycles. The van der Waals surface area contributed by atoms with Gasteiger partial charge in [0.2, 0.25) is 0 Å². The summed E-state index contributed by atoms with van der Waals surface area (Å²) in [6, 6.07) is 0. The third-order valence-electron chi connectivity index (χ3n) is 2.06. The molecular weight excluding hydrogens is 288 g/mol. The van der Waals surface area contributed by atoms with Crippen LogP contribution in [0, 0.1) is 5.92 Å². The van der Waals surface area contributed by atoms with Gasteiger partial charge in [0.05, 0.1) is 5.92 Å². The number of halogens is 1. The molecule has 0 saturated carbocycles. The van der Waals surface area contributed by atoms with Gasteiger partial charge in [0.15, 0.2) is 0 Å². The van der Waals surface area contributed by atoms with Gasteiger partial charge in [-0.05, 0) is 20.3 Å². The number of alkyl halides is 1. The van der Waals surface area contributed by atoms with E-state index in [1.165, 1.54) is 0 Å². The van der Waals surface area contributed by atoms with Crippen molar-refractivity contribution in [1.29, 1.82) is 0 Å². The zero-order valence-corrected chi connectivity index (χ0v) is 12.1. The van der Waals surface area contributed by atoms with Crippen LogP contribution in [0.25, 0.3) is 0 Å². The maximum atomic E-state index is 11.5. The summed E-state index contributed by atoms with van der Waals surface area (Å²) in [6.45, 7) is 9.00. The number of hydrogen-bond donors (Lipinski definition) is 0. The number of ether oxygens (including phenoxy) is 2. The Hall–Kier alpha value is -0.840. The quantitative estimate of drug-likeness (QED) is 0.412. The number of rotatable bonds is 7. The zero-order valence-electron chi connectivity index (χ0n) is 10.5. The first-order valence-corrected chi connectivity index (χ1v) is 6.43. The molecule has 0 aliphatic carbocycles. The molecule has 4 nitrogen and oxygen atoms in total. The second kappa shape index (κ2) is 8.28. The summed E-state index contributed by atoms with van der Waals surface area (Å²) in [5.74, 6) is -1.32. The van der Waals surface area contributed by atoms with E-state index >= 15 is 0 Å². The fourth-order valence-electron chi connectivity index (χ4n) is 0.825. The topological polar surface area (TPSA) is 52.6 Å². The fraction of sp³-hybridized carbons (Fsp3) is 0.667. The molecule has 0 aromatic heterocycles. The largest absolute Gasteiger partial charge is 0.464 e. The van der Waals surface area contributed by atoms with Gasteiger partial charge in [0.1, 0.15) is 13.2 Å². The Kier molecular flexibility index (Phi) is 7.87. The molecule has 0 aromatic rings. The SMILES string of the molecule is C=C(C)C(=O)OCC(C)C(=O)OCC(Br)CC. The highest BCUT2D eigenvalue weighted by Crippen LogP contribution is 2.07. The highest BCUT2D eigenvalue weighted by molar-refractivity contribution is 9.09. The van der Waals surface area contributed by atoms with Crippen LogP contribution in [0.3, 0.4) is 0 Å². The first-order valence-electron chi connectivity index (χ1n) is 5.51. The molecule has 0 fully saturated rings.